The fraction of sp³-hybridized carbons (Fsp3) is 0.500. The zero-order chi connectivity index (χ0) is 14.1. The van der Waals surface area contributed by atoms with E-state index in [4.69, 9.17) is 0 Å². The molecule has 0 bridgehead atoms. The fourth-order valence-corrected chi connectivity index (χ4v) is 3.80. The van der Waals surface area contributed by atoms with Gasteiger partial charge in [0.05, 0.1) is 17.7 Å². The summed E-state index contributed by atoms with van der Waals surface area (Å²) in [6.45, 7) is 0. The Morgan fingerprint density at radius 3 is 2.76 bits per heavy atom. The highest BCUT2D eigenvalue weighted by Gasteiger charge is 2.34. The third-order valence-corrected chi connectivity index (χ3v) is 5.05. The monoisotopic (exact) mass is 281 g/mol. The zero-order valence-electron chi connectivity index (χ0n) is 12.4. The van der Waals surface area contributed by atoms with Crippen molar-refractivity contribution in [2.45, 2.75) is 44.6 Å². The zero-order valence-corrected chi connectivity index (χ0v) is 12.4. The van der Waals surface area contributed by atoms with Gasteiger partial charge in [0.15, 0.2) is 0 Å². The SMILES string of the molecule is c1ccc(-n2ccnc2)c(NC2CCCC(C3CC3)C2)c1. The summed E-state index contributed by atoms with van der Waals surface area (Å²) < 4.78 is 2.09. The molecule has 4 rings (SSSR count). The Balaban J connectivity index is 1.51. The molecule has 1 aromatic heterocycles. The minimum absolute atomic E-state index is 0.633. The first-order chi connectivity index (χ1) is 10.4. The van der Waals surface area contributed by atoms with Crippen LogP contribution in [0.5, 0.6) is 0 Å². The lowest BCUT2D eigenvalue weighted by Crippen LogP contribution is -2.28. The lowest BCUT2D eigenvalue weighted by Gasteiger charge is -2.31. The molecule has 2 aliphatic carbocycles. The molecule has 2 saturated carbocycles. The number of nitrogens with one attached hydrogen (secondary N) is 1. The molecule has 2 atom stereocenters. The lowest BCUT2D eigenvalue weighted by molar-refractivity contribution is 0.303. The van der Waals surface area contributed by atoms with Crippen LogP contribution in [-0.4, -0.2) is 15.6 Å². The van der Waals surface area contributed by atoms with E-state index in [2.05, 4.69) is 39.1 Å². The number of hydrogen-bond acceptors (Lipinski definition) is 2. The Bertz CT molecular complexity index is 586. The number of imidazole rings is 1. The highest BCUT2D eigenvalue weighted by atomic mass is 15.1. The van der Waals surface area contributed by atoms with E-state index in [1.807, 2.05) is 18.7 Å². The molecule has 0 amide bonds. The van der Waals surface area contributed by atoms with E-state index in [1.165, 1.54) is 49.9 Å². The smallest absolute Gasteiger partial charge is 0.0992 e. The number of aromatic nitrogens is 2. The van der Waals surface area contributed by atoms with Gasteiger partial charge in [-0.25, -0.2) is 4.98 Å². The summed E-state index contributed by atoms with van der Waals surface area (Å²) in [5, 5.41) is 3.80. The van der Waals surface area contributed by atoms with Gasteiger partial charge in [-0.05, 0) is 49.7 Å². The number of rotatable bonds is 4. The highest BCUT2D eigenvalue weighted by Crippen LogP contribution is 2.44. The van der Waals surface area contributed by atoms with Gasteiger partial charge in [-0.15, -0.1) is 0 Å². The first-order valence-electron chi connectivity index (χ1n) is 8.24. The van der Waals surface area contributed by atoms with Gasteiger partial charge in [-0.2, -0.15) is 0 Å². The first-order valence-corrected chi connectivity index (χ1v) is 8.24. The molecule has 110 valence electrons. The molecule has 2 fully saturated rings. The topological polar surface area (TPSA) is 29.9 Å². The third kappa shape index (κ3) is 2.82. The summed E-state index contributed by atoms with van der Waals surface area (Å²) in [5.41, 5.74) is 2.43. The number of hydrogen-bond donors (Lipinski definition) is 1. The van der Waals surface area contributed by atoms with Crippen molar-refractivity contribution in [3.63, 3.8) is 0 Å². The molecule has 1 N–H and O–H groups in total. The summed E-state index contributed by atoms with van der Waals surface area (Å²) >= 11 is 0. The van der Waals surface area contributed by atoms with Crippen molar-refractivity contribution < 1.29 is 0 Å². The Kier molecular flexibility index (Phi) is 3.42. The van der Waals surface area contributed by atoms with Crippen LogP contribution in [0.2, 0.25) is 0 Å². The second kappa shape index (κ2) is 5.55. The maximum atomic E-state index is 4.17. The van der Waals surface area contributed by atoms with Crippen molar-refractivity contribution in [2.24, 2.45) is 11.8 Å². The molecule has 2 aliphatic rings. The minimum atomic E-state index is 0.633. The maximum absolute atomic E-state index is 4.17. The average molecular weight is 281 g/mol. The number of benzene rings is 1. The predicted molar refractivity (Wildman–Crippen MR) is 85.7 cm³/mol. The average Bonchev–Trinajstić information content (AvgIpc) is 3.24. The fourth-order valence-electron chi connectivity index (χ4n) is 3.80. The summed E-state index contributed by atoms with van der Waals surface area (Å²) in [6, 6.07) is 9.19. The van der Waals surface area contributed by atoms with Crippen molar-refractivity contribution in [1.82, 2.24) is 9.55 Å². The summed E-state index contributed by atoms with van der Waals surface area (Å²) in [5.74, 6) is 2.01. The highest BCUT2D eigenvalue weighted by molar-refractivity contribution is 5.61. The van der Waals surface area contributed by atoms with E-state index >= 15 is 0 Å². The molecule has 0 spiro atoms. The van der Waals surface area contributed by atoms with Crippen LogP contribution in [0.15, 0.2) is 43.0 Å². The Morgan fingerprint density at radius 2 is 1.95 bits per heavy atom. The first kappa shape index (κ1) is 12.9. The van der Waals surface area contributed by atoms with Gasteiger partial charge in [0.2, 0.25) is 0 Å². The molecule has 0 aliphatic heterocycles. The Labute approximate surface area is 126 Å². The number of para-hydroxylation sites is 2. The van der Waals surface area contributed by atoms with Gasteiger partial charge < -0.3 is 9.88 Å². The van der Waals surface area contributed by atoms with Crippen LogP contribution in [0.1, 0.15) is 38.5 Å². The van der Waals surface area contributed by atoms with Crippen LogP contribution < -0.4 is 5.32 Å². The van der Waals surface area contributed by atoms with Crippen molar-refractivity contribution in [3.8, 4) is 5.69 Å². The second-order valence-corrected chi connectivity index (χ2v) is 6.59. The molecular weight excluding hydrogens is 258 g/mol. The van der Waals surface area contributed by atoms with Gasteiger partial charge in [0.1, 0.15) is 0 Å². The van der Waals surface area contributed by atoms with Gasteiger partial charge in [-0.1, -0.05) is 25.0 Å². The van der Waals surface area contributed by atoms with Gasteiger partial charge >= 0.3 is 0 Å². The van der Waals surface area contributed by atoms with Gasteiger partial charge in [0, 0.05) is 18.4 Å². The van der Waals surface area contributed by atoms with Crippen molar-refractivity contribution in [3.05, 3.63) is 43.0 Å². The van der Waals surface area contributed by atoms with Crippen molar-refractivity contribution >= 4 is 5.69 Å². The van der Waals surface area contributed by atoms with Crippen LogP contribution in [0.4, 0.5) is 5.69 Å². The maximum Gasteiger partial charge on any atom is 0.0992 e. The molecule has 21 heavy (non-hydrogen) atoms. The number of anilines is 1. The standard InChI is InChI=1S/C18H23N3/c1-2-7-18(21-11-10-19-13-21)17(6-1)20-16-5-3-4-15(12-16)14-8-9-14/h1-2,6-7,10-11,13-16,20H,3-5,8-9,12H2. The Morgan fingerprint density at radius 1 is 1.05 bits per heavy atom. The third-order valence-electron chi connectivity index (χ3n) is 5.05. The van der Waals surface area contributed by atoms with Crippen LogP contribution >= 0.6 is 0 Å². The predicted octanol–water partition coefficient (Wildman–Crippen LogP) is 4.25. The summed E-state index contributed by atoms with van der Waals surface area (Å²) in [7, 11) is 0. The molecule has 2 unspecified atom stereocenters. The van der Waals surface area contributed by atoms with Crippen LogP contribution in [0.3, 0.4) is 0 Å². The van der Waals surface area contributed by atoms with E-state index in [-0.39, 0.29) is 0 Å². The number of nitrogens with zero attached hydrogens (tertiary/aromatic N) is 2. The van der Waals surface area contributed by atoms with Crippen molar-refractivity contribution in [2.75, 3.05) is 5.32 Å². The molecule has 0 saturated heterocycles. The molecule has 0 radical (unpaired) electrons. The Hall–Kier alpha value is -1.77. The van der Waals surface area contributed by atoms with Crippen LogP contribution in [0.25, 0.3) is 5.69 Å². The quantitative estimate of drug-likeness (QED) is 0.907. The molecule has 3 nitrogen and oxygen atoms in total. The summed E-state index contributed by atoms with van der Waals surface area (Å²) in [4.78, 5) is 4.17. The molecule has 1 heterocycles. The largest absolute Gasteiger partial charge is 0.381 e. The lowest BCUT2D eigenvalue weighted by atomic mass is 9.82. The van der Waals surface area contributed by atoms with Crippen LogP contribution in [-0.2, 0) is 0 Å². The van der Waals surface area contributed by atoms with E-state index in [9.17, 15) is 0 Å². The van der Waals surface area contributed by atoms with E-state index in [0.717, 1.165) is 11.8 Å². The van der Waals surface area contributed by atoms with E-state index in [0.29, 0.717) is 6.04 Å². The van der Waals surface area contributed by atoms with Crippen LogP contribution in [0, 0.1) is 11.8 Å². The van der Waals surface area contributed by atoms with Crippen molar-refractivity contribution in [1.29, 1.82) is 0 Å². The normalized spacial score (nSPS) is 25.7. The minimum Gasteiger partial charge on any atom is -0.381 e. The van der Waals surface area contributed by atoms with E-state index in [1.54, 1.807) is 0 Å². The van der Waals surface area contributed by atoms with Gasteiger partial charge in [-0.3, -0.25) is 0 Å². The second-order valence-electron chi connectivity index (χ2n) is 6.59. The summed E-state index contributed by atoms with van der Waals surface area (Å²) in [6.07, 6.45) is 14.2. The van der Waals surface area contributed by atoms with Gasteiger partial charge in [0.25, 0.3) is 0 Å². The molecule has 3 heteroatoms. The molecule has 1 aromatic carbocycles. The molecule has 2 aromatic rings. The van der Waals surface area contributed by atoms with E-state index < -0.39 is 0 Å². The molecular formula is C18H23N3.